The number of carboxylic acids is 1. The van der Waals surface area contributed by atoms with E-state index in [-0.39, 0.29) is 13.0 Å². The number of ether oxygens (including phenoxy) is 2. The van der Waals surface area contributed by atoms with Crippen LogP contribution >= 0.6 is 11.6 Å². The summed E-state index contributed by atoms with van der Waals surface area (Å²) >= 11 is 6.17. The Labute approximate surface area is 146 Å². The largest absolute Gasteiger partial charge is 0.496 e. The highest BCUT2D eigenvalue weighted by molar-refractivity contribution is 6.32. The fraction of sp³-hybridized carbons (Fsp3) is 0.278. The third kappa shape index (κ3) is 4.63. The zero-order valence-corrected chi connectivity index (χ0v) is 14.3. The Balaban J connectivity index is 2.16. The summed E-state index contributed by atoms with van der Waals surface area (Å²) in [7, 11) is 1.57. The molecule has 0 aliphatic heterocycles. The topological polar surface area (TPSA) is 81.8 Å². The Morgan fingerprint density at radius 3 is 2.58 bits per heavy atom. The van der Waals surface area contributed by atoms with Crippen LogP contribution in [0.5, 0.6) is 11.5 Å². The van der Waals surface area contributed by atoms with Gasteiger partial charge in [-0.05, 0) is 48.7 Å². The van der Waals surface area contributed by atoms with Crippen LogP contribution in [0.15, 0.2) is 36.4 Å². The van der Waals surface area contributed by atoms with Gasteiger partial charge in [0.1, 0.15) is 24.1 Å². The van der Waals surface area contributed by atoms with Crippen LogP contribution in [0.3, 0.4) is 0 Å². The van der Waals surface area contributed by atoms with Crippen molar-refractivity contribution in [1.29, 1.82) is 0 Å². The van der Waals surface area contributed by atoms with Gasteiger partial charge in [0, 0.05) is 5.56 Å². The number of aliphatic carboxylic acids is 1. The molecule has 3 N–H and O–H groups in total. The number of halogens is 1. The Morgan fingerprint density at radius 1 is 1.25 bits per heavy atom. The number of carbonyl (C=O) groups is 1. The molecule has 6 heteroatoms. The van der Waals surface area contributed by atoms with Crippen LogP contribution in [-0.2, 0) is 17.8 Å². The first kappa shape index (κ1) is 18.1. The molecule has 1 atom stereocenters. The molecule has 128 valence electrons. The second-order valence-corrected chi connectivity index (χ2v) is 5.92. The van der Waals surface area contributed by atoms with Crippen molar-refractivity contribution in [1.82, 2.24) is 0 Å². The highest BCUT2D eigenvalue weighted by Gasteiger charge is 2.14. The average Bonchev–Trinajstić information content (AvgIpc) is 2.54. The third-order valence-electron chi connectivity index (χ3n) is 3.59. The molecule has 1 unspecified atom stereocenters. The second-order valence-electron chi connectivity index (χ2n) is 5.52. The van der Waals surface area contributed by atoms with Gasteiger partial charge in [-0.2, -0.15) is 0 Å². The standard InChI is InChI=1S/C18H20ClNO4/c1-11-3-5-17(14(19)7-11)24-10-13-8-12(4-6-16(13)23-2)9-15(20)18(21)22/h3-8,15H,9-10,20H2,1-2H3,(H,21,22). The molecule has 2 aromatic rings. The number of hydrogen-bond acceptors (Lipinski definition) is 4. The summed E-state index contributed by atoms with van der Waals surface area (Å²) in [5.74, 6) is 0.206. The van der Waals surface area contributed by atoms with Gasteiger partial charge in [-0.15, -0.1) is 0 Å². The lowest BCUT2D eigenvalue weighted by Gasteiger charge is -2.14. The van der Waals surface area contributed by atoms with Crippen molar-refractivity contribution >= 4 is 17.6 Å². The minimum Gasteiger partial charge on any atom is -0.496 e. The van der Waals surface area contributed by atoms with Gasteiger partial charge in [0.2, 0.25) is 0 Å². The van der Waals surface area contributed by atoms with E-state index in [1.807, 2.05) is 31.2 Å². The van der Waals surface area contributed by atoms with E-state index in [2.05, 4.69) is 0 Å². The summed E-state index contributed by atoms with van der Waals surface area (Å²) in [6, 6.07) is 10.0. The number of carboxylic acid groups (broad SMARTS) is 1. The molecular formula is C18H20ClNO4. The maximum absolute atomic E-state index is 10.9. The maximum Gasteiger partial charge on any atom is 0.320 e. The molecule has 0 fully saturated rings. The van der Waals surface area contributed by atoms with Gasteiger partial charge < -0.3 is 20.3 Å². The fourth-order valence-corrected chi connectivity index (χ4v) is 2.58. The van der Waals surface area contributed by atoms with E-state index in [1.165, 1.54) is 0 Å². The summed E-state index contributed by atoms with van der Waals surface area (Å²) in [5.41, 5.74) is 8.24. The smallest absolute Gasteiger partial charge is 0.320 e. The molecule has 0 aromatic heterocycles. The first-order valence-corrected chi connectivity index (χ1v) is 7.81. The molecule has 0 heterocycles. The Hall–Kier alpha value is -2.24. The number of rotatable bonds is 7. The van der Waals surface area contributed by atoms with Crippen molar-refractivity contribution < 1.29 is 19.4 Å². The van der Waals surface area contributed by atoms with Crippen LogP contribution < -0.4 is 15.2 Å². The number of nitrogens with two attached hydrogens (primary N) is 1. The van der Waals surface area contributed by atoms with E-state index in [1.54, 1.807) is 19.2 Å². The molecule has 5 nitrogen and oxygen atoms in total. The molecule has 0 bridgehead atoms. The Morgan fingerprint density at radius 2 is 1.96 bits per heavy atom. The monoisotopic (exact) mass is 349 g/mol. The van der Waals surface area contributed by atoms with Crippen LogP contribution in [0.1, 0.15) is 16.7 Å². The SMILES string of the molecule is COc1ccc(CC(N)C(=O)O)cc1COc1ccc(C)cc1Cl. The first-order chi connectivity index (χ1) is 11.4. The Bertz CT molecular complexity index is 733. The summed E-state index contributed by atoms with van der Waals surface area (Å²) in [6.45, 7) is 2.20. The Kier molecular flexibility index (Phi) is 6.06. The molecular weight excluding hydrogens is 330 g/mol. The molecule has 0 saturated carbocycles. The van der Waals surface area contributed by atoms with Crippen molar-refractivity contribution in [2.45, 2.75) is 26.0 Å². The van der Waals surface area contributed by atoms with Gasteiger partial charge in [0.25, 0.3) is 0 Å². The van der Waals surface area contributed by atoms with E-state index < -0.39 is 12.0 Å². The van der Waals surface area contributed by atoms with Crippen molar-refractivity contribution in [3.8, 4) is 11.5 Å². The zero-order chi connectivity index (χ0) is 17.7. The van der Waals surface area contributed by atoms with E-state index in [0.29, 0.717) is 16.5 Å². The van der Waals surface area contributed by atoms with Crippen molar-refractivity contribution in [2.75, 3.05) is 7.11 Å². The zero-order valence-electron chi connectivity index (χ0n) is 13.6. The molecule has 0 amide bonds. The van der Waals surface area contributed by atoms with Crippen LogP contribution in [0.2, 0.25) is 5.02 Å². The molecule has 24 heavy (non-hydrogen) atoms. The molecule has 0 saturated heterocycles. The number of hydrogen-bond donors (Lipinski definition) is 2. The van der Waals surface area contributed by atoms with E-state index >= 15 is 0 Å². The summed E-state index contributed by atoms with van der Waals surface area (Å²) in [6.07, 6.45) is 0.234. The second kappa shape index (κ2) is 8.04. The summed E-state index contributed by atoms with van der Waals surface area (Å²) < 4.78 is 11.1. The molecule has 0 aliphatic rings. The van der Waals surface area contributed by atoms with E-state index in [4.69, 9.17) is 31.9 Å². The van der Waals surface area contributed by atoms with Gasteiger partial charge >= 0.3 is 5.97 Å². The van der Waals surface area contributed by atoms with Crippen molar-refractivity contribution in [3.63, 3.8) is 0 Å². The number of benzene rings is 2. The van der Waals surface area contributed by atoms with Crippen LogP contribution in [0, 0.1) is 6.92 Å². The quantitative estimate of drug-likeness (QED) is 0.802. The predicted molar refractivity (Wildman–Crippen MR) is 92.8 cm³/mol. The third-order valence-corrected chi connectivity index (χ3v) is 3.88. The van der Waals surface area contributed by atoms with Crippen LogP contribution in [0.25, 0.3) is 0 Å². The van der Waals surface area contributed by atoms with Gasteiger partial charge in [-0.1, -0.05) is 23.7 Å². The minimum atomic E-state index is -1.03. The average molecular weight is 350 g/mol. The lowest BCUT2D eigenvalue weighted by Crippen LogP contribution is -2.32. The summed E-state index contributed by atoms with van der Waals surface area (Å²) in [4.78, 5) is 10.9. The first-order valence-electron chi connectivity index (χ1n) is 7.44. The van der Waals surface area contributed by atoms with Gasteiger partial charge in [-0.3, -0.25) is 4.79 Å². The van der Waals surface area contributed by atoms with Gasteiger partial charge in [0.15, 0.2) is 0 Å². The minimum absolute atomic E-state index is 0.234. The molecule has 2 aromatic carbocycles. The highest BCUT2D eigenvalue weighted by atomic mass is 35.5. The fourth-order valence-electron chi connectivity index (χ4n) is 2.29. The normalized spacial score (nSPS) is 11.8. The maximum atomic E-state index is 10.9. The predicted octanol–water partition coefficient (Wildman–Crippen LogP) is 3.19. The van der Waals surface area contributed by atoms with Crippen LogP contribution in [-0.4, -0.2) is 24.2 Å². The molecule has 0 radical (unpaired) electrons. The highest BCUT2D eigenvalue weighted by Crippen LogP contribution is 2.28. The lowest BCUT2D eigenvalue weighted by atomic mass is 10.0. The van der Waals surface area contributed by atoms with E-state index in [0.717, 1.165) is 16.7 Å². The van der Waals surface area contributed by atoms with Crippen LogP contribution in [0.4, 0.5) is 0 Å². The lowest BCUT2D eigenvalue weighted by molar-refractivity contribution is -0.138. The van der Waals surface area contributed by atoms with Gasteiger partial charge in [0.05, 0.1) is 12.1 Å². The van der Waals surface area contributed by atoms with Gasteiger partial charge in [-0.25, -0.2) is 0 Å². The molecule has 2 rings (SSSR count). The number of aryl methyl sites for hydroxylation is 1. The summed E-state index contributed by atoms with van der Waals surface area (Å²) in [5, 5.41) is 9.47. The number of methoxy groups -OCH3 is 1. The van der Waals surface area contributed by atoms with Crippen molar-refractivity contribution in [3.05, 3.63) is 58.1 Å². The van der Waals surface area contributed by atoms with E-state index in [9.17, 15) is 4.79 Å². The molecule has 0 spiro atoms. The van der Waals surface area contributed by atoms with Crippen molar-refractivity contribution in [2.24, 2.45) is 5.73 Å². The molecule has 0 aliphatic carbocycles.